The van der Waals surface area contributed by atoms with Gasteiger partial charge in [0.2, 0.25) is 0 Å². The summed E-state index contributed by atoms with van der Waals surface area (Å²) in [5.41, 5.74) is 1.45. The first-order chi connectivity index (χ1) is 7.92. The molecular weight excluding hydrogens is 194 g/mol. The highest BCUT2D eigenvalue weighted by atomic mass is 14.9. The summed E-state index contributed by atoms with van der Waals surface area (Å²) in [6.45, 7) is 2.44. The van der Waals surface area contributed by atoms with Gasteiger partial charge in [-0.1, -0.05) is 42.5 Å². The minimum Gasteiger partial charge on any atom is -0.342 e. The van der Waals surface area contributed by atoms with Crippen molar-refractivity contribution in [1.29, 1.82) is 0 Å². The maximum absolute atomic E-state index is 2.48. The largest absolute Gasteiger partial charge is 0.342 e. The Balaban J connectivity index is 1.46. The lowest BCUT2D eigenvalue weighted by Gasteiger charge is -2.16. The Labute approximate surface area is 97.6 Å². The van der Waals surface area contributed by atoms with Crippen molar-refractivity contribution >= 4 is 0 Å². The molecule has 1 nitrogen and oxygen atoms in total. The lowest BCUT2D eigenvalue weighted by atomic mass is 9.93. The van der Waals surface area contributed by atoms with Crippen molar-refractivity contribution in [1.82, 2.24) is 0 Å². The van der Waals surface area contributed by atoms with Gasteiger partial charge in [0.25, 0.3) is 0 Å². The Morgan fingerprint density at radius 3 is 2.62 bits per heavy atom. The number of allylic oxidation sites excluding steroid dienone is 2. The van der Waals surface area contributed by atoms with Crippen molar-refractivity contribution in [3.63, 3.8) is 0 Å². The van der Waals surface area contributed by atoms with Gasteiger partial charge in [0.1, 0.15) is 6.54 Å². The molecule has 0 saturated heterocycles. The van der Waals surface area contributed by atoms with E-state index in [1.165, 1.54) is 24.9 Å². The molecule has 2 aliphatic carbocycles. The molecule has 0 aromatic heterocycles. The lowest BCUT2D eigenvalue weighted by molar-refractivity contribution is -0.676. The van der Waals surface area contributed by atoms with Gasteiger partial charge in [-0.3, -0.25) is 0 Å². The third-order valence-corrected chi connectivity index (χ3v) is 4.11. The highest BCUT2D eigenvalue weighted by molar-refractivity contribution is 5.13. The number of nitrogens with two attached hydrogens (primary N) is 1. The predicted octanol–water partition coefficient (Wildman–Crippen LogP) is 1.96. The second kappa shape index (κ2) is 4.42. The van der Waals surface area contributed by atoms with Crippen LogP contribution in [0.5, 0.6) is 0 Å². The number of rotatable bonds is 4. The predicted molar refractivity (Wildman–Crippen MR) is 65.8 cm³/mol. The Kier molecular flexibility index (Phi) is 2.79. The van der Waals surface area contributed by atoms with E-state index in [1.54, 1.807) is 0 Å². The molecule has 1 heteroatoms. The van der Waals surface area contributed by atoms with E-state index >= 15 is 0 Å². The van der Waals surface area contributed by atoms with Gasteiger partial charge in [-0.05, 0) is 24.7 Å². The van der Waals surface area contributed by atoms with Crippen LogP contribution in [0.3, 0.4) is 0 Å². The molecule has 84 valence electrons. The number of fused-ring (bicyclic) bond motifs is 2. The van der Waals surface area contributed by atoms with Gasteiger partial charge < -0.3 is 5.32 Å². The monoisotopic (exact) mass is 214 g/mol. The summed E-state index contributed by atoms with van der Waals surface area (Å²) in [6.07, 6.45) is 7.75. The highest BCUT2D eigenvalue weighted by Crippen LogP contribution is 2.42. The molecule has 3 rings (SSSR count). The Hall–Kier alpha value is -1.08. The van der Waals surface area contributed by atoms with Gasteiger partial charge in [-0.2, -0.15) is 0 Å². The molecule has 0 radical (unpaired) electrons. The van der Waals surface area contributed by atoms with Gasteiger partial charge in [0, 0.05) is 11.5 Å². The quantitative estimate of drug-likeness (QED) is 0.738. The van der Waals surface area contributed by atoms with E-state index in [2.05, 4.69) is 47.8 Å². The summed E-state index contributed by atoms with van der Waals surface area (Å²) in [6, 6.07) is 10.8. The lowest BCUT2D eigenvalue weighted by Crippen LogP contribution is -2.84. The van der Waals surface area contributed by atoms with E-state index in [4.69, 9.17) is 0 Å². The molecule has 2 aliphatic rings. The van der Waals surface area contributed by atoms with Crippen LogP contribution >= 0.6 is 0 Å². The minimum atomic E-state index is 0.900. The van der Waals surface area contributed by atoms with Crippen LogP contribution in [0.25, 0.3) is 0 Å². The summed E-state index contributed by atoms with van der Waals surface area (Å²) in [5.74, 6) is 2.76. The zero-order valence-corrected chi connectivity index (χ0v) is 9.68. The van der Waals surface area contributed by atoms with Gasteiger partial charge in [-0.15, -0.1) is 0 Å². The third-order valence-electron chi connectivity index (χ3n) is 4.11. The SMILES string of the molecule is C1=C[C@H]2C[C@H]1C[C@H]2C[NH2+]Cc1ccccc1. The summed E-state index contributed by atoms with van der Waals surface area (Å²) < 4.78 is 0. The molecule has 0 spiro atoms. The van der Waals surface area contributed by atoms with Crippen LogP contribution in [0, 0.1) is 17.8 Å². The van der Waals surface area contributed by atoms with Gasteiger partial charge >= 0.3 is 0 Å². The van der Waals surface area contributed by atoms with Crippen LogP contribution in [-0.4, -0.2) is 6.54 Å². The van der Waals surface area contributed by atoms with Crippen molar-refractivity contribution in [3.8, 4) is 0 Å². The summed E-state index contributed by atoms with van der Waals surface area (Å²) in [7, 11) is 0. The molecule has 1 aromatic carbocycles. The minimum absolute atomic E-state index is 0.900. The second-order valence-corrected chi connectivity index (χ2v) is 5.25. The molecular formula is C15H20N+. The molecule has 0 heterocycles. The fourth-order valence-corrected chi connectivity index (χ4v) is 3.24. The van der Waals surface area contributed by atoms with E-state index in [0.717, 1.165) is 24.3 Å². The van der Waals surface area contributed by atoms with Crippen molar-refractivity contribution in [2.45, 2.75) is 19.4 Å². The van der Waals surface area contributed by atoms with Crippen molar-refractivity contribution < 1.29 is 5.32 Å². The highest BCUT2D eigenvalue weighted by Gasteiger charge is 2.36. The van der Waals surface area contributed by atoms with Crippen LogP contribution in [0.4, 0.5) is 0 Å². The van der Waals surface area contributed by atoms with Crippen molar-refractivity contribution in [2.24, 2.45) is 17.8 Å². The van der Waals surface area contributed by atoms with Crippen LogP contribution in [0.1, 0.15) is 18.4 Å². The molecule has 0 unspecified atom stereocenters. The molecule has 1 aromatic rings. The number of hydrogen-bond donors (Lipinski definition) is 1. The molecule has 16 heavy (non-hydrogen) atoms. The summed E-state index contributed by atoms with van der Waals surface area (Å²) in [4.78, 5) is 0. The second-order valence-electron chi connectivity index (χ2n) is 5.25. The molecule has 2 bridgehead atoms. The van der Waals surface area contributed by atoms with Crippen molar-refractivity contribution in [3.05, 3.63) is 48.0 Å². The number of hydrogen-bond acceptors (Lipinski definition) is 0. The van der Waals surface area contributed by atoms with Crippen LogP contribution in [0.2, 0.25) is 0 Å². The molecule has 3 atom stereocenters. The normalized spacial score (nSPS) is 31.1. The maximum Gasteiger partial charge on any atom is 0.101 e. The molecule has 0 aliphatic heterocycles. The van der Waals surface area contributed by atoms with Gasteiger partial charge in [-0.25, -0.2) is 0 Å². The Morgan fingerprint density at radius 2 is 1.94 bits per heavy atom. The first-order valence-corrected chi connectivity index (χ1v) is 6.46. The fraction of sp³-hybridized carbons (Fsp3) is 0.467. The summed E-state index contributed by atoms with van der Waals surface area (Å²) in [5, 5.41) is 2.48. The zero-order valence-electron chi connectivity index (χ0n) is 9.68. The molecule has 0 amide bonds. The van der Waals surface area contributed by atoms with Gasteiger partial charge in [0.15, 0.2) is 0 Å². The topological polar surface area (TPSA) is 16.6 Å². The Bertz CT molecular complexity index is 368. The average molecular weight is 214 g/mol. The van der Waals surface area contributed by atoms with E-state index in [1.807, 2.05) is 0 Å². The van der Waals surface area contributed by atoms with E-state index < -0.39 is 0 Å². The van der Waals surface area contributed by atoms with Gasteiger partial charge in [0.05, 0.1) is 6.54 Å². The van der Waals surface area contributed by atoms with Crippen molar-refractivity contribution in [2.75, 3.05) is 6.54 Å². The van der Waals surface area contributed by atoms with Crippen LogP contribution in [-0.2, 0) is 6.54 Å². The first-order valence-electron chi connectivity index (χ1n) is 6.46. The summed E-state index contributed by atoms with van der Waals surface area (Å²) >= 11 is 0. The number of quaternary nitrogens is 1. The molecule has 1 fully saturated rings. The smallest absolute Gasteiger partial charge is 0.101 e. The first kappa shape index (κ1) is 10.1. The zero-order chi connectivity index (χ0) is 10.8. The average Bonchev–Trinajstić information content (AvgIpc) is 2.92. The molecule has 2 N–H and O–H groups in total. The van der Waals surface area contributed by atoms with E-state index in [-0.39, 0.29) is 0 Å². The number of benzene rings is 1. The third kappa shape index (κ3) is 2.05. The Morgan fingerprint density at radius 1 is 1.06 bits per heavy atom. The fourth-order valence-electron chi connectivity index (χ4n) is 3.24. The van der Waals surface area contributed by atoms with E-state index in [0.29, 0.717) is 0 Å². The maximum atomic E-state index is 2.48. The molecule has 1 saturated carbocycles. The van der Waals surface area contributed by atoms with Crippen LogP contribution < -0.4 is 5.32 Å². The standard InChI is InChI=1S/C15H19N/c1-2-4-12(5-3-1)10-16-11-15-9-13-6-7-14(15)8-13/h1-7,13-16H,8-11H2/p+1/t13-,14-,15-/m0/s1. The van der Waals surface area contributed by atoms with E-state index in [9.17, 15) is 0 Å². The van der Waals surface area contributed by atoms with Crippen LogP contribution in [0.15, 0.2) is 42.5 Å².